The lowest BCUT2D eigenvalue weighted by Crippen LogP contribution is -2.41. The minimum atomic E-state index is -0.945. The van der Waals surface area contributed by atoms with Crippen LogP contribution in [0.25, 0.3) is 0 Å². The molecule has 3 heteroatoms. The van der Waals surface area contributed by atoms with E-state index in [9.17, 15) is 0 Å². The van der Waals surface area contributed by atoms with Crippen molar-refractivity contribution in [2.24, 2.45) is 0 Å². The standard InChI is InChI=1S/C14H22O3/c1-4-15-14(16-5-2,17-6-3)12-13-10-8-7-9-11-13/h7-11H,4-6,12H2,1-3H3. The summed E-state index contributed by atoms with van der Waals surface area (Å²) in [5, 5.41) is 0. The molecule has 3 nitrogen and oxygen atoms in total. The highest BCUT2D eigenvalue weighted by Crippen LogP contribution is 2.21. The van der Waals surface area contributed by atoms with E-state index in [2.05, 4.69) is 0 Å². The molecule has 0 bridgehead atoms. The predicted molar refractivity (Wildman–Crippen MR) is 67.8 cm³/mol. The molecule has 17 heavy (non-hydrogen) atoms. The van der Waals surface area contributed by atoms with Crippen LogP contribution in [-0.2, 0) is 20.6 Å². The Labute approximate surface area is 104 Å². The zero-order chi connectivity index (χ0) is 12.6. The number of benzene rings is 1. The summed E-state index contributed by atoms with van der Waals surface area (Å²) in [4.78, 5) is 0. The summed E-state index contributed by atoms with van der Waals surface area (Å²) in [5.41, 5.74) is 1.14. The Balaban J connectivity index is 2.80. The van der Waals surface area contributed by atoms with Crippen LogP contribution in [0.1, 0.15) is 26.3 Å². The summed E-state index contributed by atoms with van der Waals surface area (Å²) in [6, 6.07) is 10.1. The molecule has 0 radical (unpaired) electrons. The molecule has 0 saturated carbocycles. The third-order valence-electron chi connectivity index (χ3n) is 2.36. The summed E-state index contributed by atoms with van der Waals surface area (Å²) >= 11 is 0. The van der Waals surface area contributed by atoms with E-state index in [0.717, 1.165) is 5.56 Å². The Kier molecular flexibility index (Phi) is 6.19. The normalized spacial score (nSPS) is 11.7. The molecule has 0 unspecified atom stereocenters. The van der Waals surface area contributed by atoms with Crippen LogP contribution in [0, 0.1) is 0 Å². The van der Waals surface area contributed by atoms with E-state index >= 15 is 0 Å². The first-order valence-corrected chi connectivity index (χ1v) is 6.22. The van der Waals surface area contributed by atoms with Gasteiger partial charge in [-0.15, -0.1) is 0 Å². The lowest BCUT2D eigenvalue weighted by atomic mass is 10.1. The van der Waals surface area contributed by atoms with Crippen molar-refractivity contribution in [2.75, 3.05) is 19.8 Å². The predicted octanol–water partition coefficient (Wildman–Crippen LogP) is 2.99. The number of hydrogen-bond acceptors (Lipinski definition) is 3. The summed E-state index contributed by atoms with van der Waals surface area (Å²) in [6.45, 7) is 7.51. The van der Waals surface area contributed by atoms with E-state index in [1.165, 1.54) is 0 Å². The molecular formula is C14H22O3. The lowest BCUT2D eigenvalue weighted by molar-refractivity contribution is -0.376. The van der Waals surface area contributed by atoms with Gasteiger partial charge in [-0.1, -0.05) is 30.3 Å². The minimum Gasteiger partial charge on any atom is -0.327 e. The SMILES string of the molecule is CCOC(Cc1ccccc1)(OCC)OCC. The zero-order valence-corrected chi connectivity index (χ0v) is 10.9. The molecule has 1 rings (SSSR count). The second-order valence-corrected chi connectivity index (χ2v) is 3.64. The maximum absolute atomic E-state index is 5.67. The first-order chi connectivity index (χ1) is 8.26. The van der Waals surface area contributed by atoms with E-state index in [1.807, 2.05) is 51.1 Å². The fraction of sp³-hybridized carbons (Fsp3) is 0.571. The Morgan fingerprint density at radius 2 is 1.29 bits per heavy atom. The van der Waals surface area contributed by atoms with Crippen molar-refractivity contribution in [3.63, 3.8) is 0 Å². The van der Waals surface area contributed by atoms with Gasteiger partial charge in [-0.05, 0) is 26.3 Å². The molecule has 1 aromatic rings. The second-order valence-electron chi connectivity index (χ2n) is 3.64. The van der Waals surface area contributed by atoms with Crippen molar-refractivity contribution < 1.29 is 14.2 Å². The maximum Gasteiger partial charge on any atom is 0.287 e. The van der Waals surface area contributed by atoms with Gasteiger partial charge in [0.25, 0.3) is 5.97 Å². The molecule has 0 aliphatic rings. The van der Waals surface area contributed by atoms with Crippen molar-refractivity contribution >= 4 is 0 Å². The van der Waals surface area contributed by atoms with Gasteiger partial charge in [-0.2, -0.15) is 0 Å². The number of rotatable bonds is 8. The Morgan fingerprint density at radius 1 is 0.824 bits per heavy atom. The van der Waals surface area contributed by atoms with E-state index in [-0.39, 0.29) is 0 Å². The highest BCUT2D eigenvalue weighted by Gasteiger charge is 2.32. The fourth-order valence-corrected chi connectivity index (χ4v) is 1.78. The maximum atomic E-state index is 5.67. The summed E-state index contributed by atoms with van der Waals surface area (Å²) in [6.07, 6.45) is 0.601. The molecule has 1 aromatic carbocycles. The van der Waals surface area contributed by atoms with Gasteiger partial charge in [-0.25, -0.2) is 0 Å². The summed E-state index contributed by atoms with van der Waals surface area (Å²) < 4.78 is 17.0. The van der Waals surface area contributed by atoms with Crippen molar-refractivity contribution in [3.05, 3.63) is 35.9 Å². The third-order valence-corrected chi connectivity index (χ3v) is 2.36. The van der Waals surface area contributed by atoms with Gasteiger partial charge >= 0.3 is 0 Å². The van der Waals surface area contributed by atoms with Gasteiger partial charge < -0.3 is 14.2 Å². The topological polar surface area (TPSA) is 27.7 Å². The largest absolute Gasteiger partial charge is 0.327 e. The summed E-state index contributed by atoms with van der Waals surface area (Å²) in [7, 11) is 0. The molecule has 0 N–H and O–H groups in total. The molecule has 0 spiro atoms. The van der Waals surface area contributed by atoms with Crippen LogP contribution in [0.5, 0.6) is 0 Å². The van der Waals surface area contributed by atoms with E-state index in [1.54, 1.807) is 0 Å². The fourth-order valence-electron chi connectivity index (χ4n) is 1.78. The molecule has 0 fully saturated rings. The van der Waals surface area contributed by atoms with Crippen LogP contribution < -0.4 is 0 Å². The smallest absolute Gasteiger partial charge is 0.287 e. The van der Waals surface area contributed by atoms with Gasteiger partial charge in [0.1, 0.15) is 0 Å². The highest BCUT2D eigenvalue weighted by molar-refractivity contribution is 5.15. The first kappa shape index (κ1) is 14.2. The molecule has 0 aliphatic heterocycles. The molecule has 96 valence electrons. The van der Waals surface area contributed by atoms with Gasteiger partial charge in [-0.3, -0.25) is 0 Å². The molecule has 0 aromatic heterocycles. The lowest BCUT2D eigenvalue weighted by Gasteiger charge is -2.32. The van der Waals surface area contributed by atoms with E-state index < -0.39 is 5.97 Å². The van der Waals surface area contributed by atoms with Crippen molar-refractivity contribution in [1.82, 2.24) is 0 Å². The molecule has 0 amide bonds. The average Bonchev–Trinajstić information content (AvgIpc) is 2.31. The van der Waals surface area contributed by atoms with E-state index in [4.69, 9.17) is 14.2 Å². The highest BCUT2D eigenvalue weighted by atomic mass is 16.9. The quantitative estimate of drug-likeness (QED) is 0.652. The van der Waals surface area contributed by atoms with Gasteiger partial charge in [0, 0.05) is 19.8 Å². The molecule has 0 heterocycles. The van der Waals surface area contributed by atoms with Gasteiger partial charge in [0.2, 0.25) is 0 Å². The third kappa shape index (κ3) is 4.46. The molecule has 0 atom stereocenters. The first-order valence-electron chi connectivity index (χ1n) is 6.22. The van der Waals surface area contributed by atoms with Crippen LogP contribution in [0.4, 0.5) is 0 Å². The average molecular weight is 238 g/mol. The second kappa shape index (κ2) is 7.43. The molecular weight excluding hydrogens is 216 g/mol. The van der Waals surface area contributed by atoms with Crippen LogP contribution in [-0.4, -0.2) is 25.8 Å². The van der Waals surface area contributed by atoms with Gasteiger partial charge in [0.15, 0.2) is 0 Å². The zero-order valence-electron chi connectivity index (χ0n) is 10.9. The number of ether oxygens (including phenoxy) is 3. The van der Waals surface area contributed by atoms with E-state index in [0.29, 0.717) is 26.2 Å². The Bertz CT molecular complexity index is 281. The molecule has 0 saturated heterocycles. The van der Waals surface area contributed by atoms with Crippen molar-refractivity contribution in [3.8, 4) is 0 Å². The van der Waals surface area contributed by atoms with Crippen LogP contribution in [0.3, 0.4) is 0 Å². The van der Waals surface area contributed by atoms with Gasteiger partial charge in [0.05, 0.1) is 6.42 Å². The molecule has 0 aliphatic carbocycles. The monoisotopic (exact) mass is 238 g/mol. The van der Waals surface area contributed by atoms with Crippen LogP contribution >= 0.6 is 0 Å². The Hall–Kier alpha value is -0.900. The van der Waals surface area contributed by atoms with Crippen molar-refractivity contribution in [2.45, 2.75) is 33.2 Å². The van der Waals surface area contributed by atoms with Crippen molar-refractivity contribution in [1.29, 1.82) is 0 Å². The van der Waals surface area contributed by atoms with Crippen LogP contribution in [0.15, 0.2) is 30.3 Å². The Morgan fingerprint density at radius 3 is 1.71 bits per heavy atom. The number of hydrogen-bond donors (Lipinski definition) is 0. The summed E-state index contributed by atoms with van der Waals surface area (Å²) in [5.74, 6) is -0.945. The minimum absolute atomic E-state index is 0.562. The van der Waals surface area contributed by atoms with Crippen LogP contribution in [0.2, 0.25) is 0 Å².